The van der Waals surface area contributed by atoms with E-state index in [1.54, 1.807) is 6.20 Å². The molecule has 0 unspecified atom stereocenters. The molecule has 2 aromatic heterocycles. The topological polar surface area (TPSA) is 57.4 Å². The van der Waals surface area contributed by atoms with E-state index < -0.39 is 0 Å². The highest BCUT2D eigenvalue weighted by Crippen LogP contribution is 2.18. The number of benzene rings is 1. The molecule has 0 radical (unpaired) electrons. The number of hydrogen-bond donors (Lipinski definition) is 2. The molecule has 0 amide bonds. The van der Waals surface area contributed by atoms with Crippen LogP contribution in [0.2, 0.25) is 0 Å². The Labute approximate surface area is 86.4 Å². The van der Waals surface area contributed by atoms with Crippen molar-refractivity contribution in [2.24, 2.45) is 0 Å². The van der Waals surface area contributed by atoms with E-state index in [2.05, 4.69) is 39.2 Å². The van der Waals surface area contributed by atoms with Gasteiger partial charge in [0.2, 0.25) is 0 Å². The maximum atomic E-state index is 4.47. The summed E-state index contributed by atoms with van der Waals surface area (Å²) in [6, 6.07) is 8.05. The monoisotopic (exact) mass is 198 g/mol. The van der Waals surface area contributed by atoms with Gasteiger partial charge in [-0.2, -0.15) is 5.10 Å². The van der Waals surface area contributed by atoms with E-state index in [1.165, 1.54) is 5.56 Å². The second-order valence-corrected chi connectivity index (χ2v) is 3.58. The summed E-state index contributed by atoms with van der Waals surface area (Å²) in [5.41, 5.74) is 4.16. The number of aromatic amines is 2. The summed E-state index contributed by atoms with van der Waals surface area (Å²) in [6.07, 6.45) is 1.72. The van der Waals surface area contributed by atoms with E-state index in [1.807, 2.05) is 12.1 Å². The van der Waals surface area contributed by atoms with E-state index in [0.29, 0.717) is 0 Å². The normalized spacial score (nSPS) is 11.0. The van der Waals surface area contributed by atoms with Gasteiger partial charge in [-0.05, 0) is 30.7 Å². The molecule has 3 aromatic rings. The molecule has 3 rings (SSSR count). The number of aryl methyl sites for hydroxylation is 1. The van der Waals surface area contributed by atoms with Crippen LogP contribution in [0.25, 0.3) is 22.6 Å². The average Bonchev–Trinajstić information content (AvgIpc) is 2.84. The van der Waals surface area contributed by atoms with Crippen molar-refractivity contribution < 1.29 is 0 Å². The minimum atomic E-state index is 0.827. The number of H-pyrrole nitrogens is 2. The molecule has 0 atom stereocenters. The Morgan fingerprint density at radius 2 is 2.13 bits per heavy atom. The molecule has 1 aromatic carbocycles. The largest absolute Gasteiger partial charge is 0.337 e. The zero-order chi connectivity index (χ0) is 10.3. The molecule has 4 nitrogen and oxygen atoms in total. The van der Waals surface area contributed by atoms with Crippen LogP contribution in [0, 0.1) is 6.92 Å². The summed E-state index contributed by atoms with van der Waals surface area (Å²) >= 11 is 0. The van der Waals surface area contributed by atoms with Gasteiger partial charge in [-0.15, -0.1) is 0 Å². The number of hydrogen-bond acceptors (Lipinski definition) is 2. The molecular weight excluding hydrogens is 188 g/mol. The van der Waals surface area contributed by atoms with Gasteiger partial charge in [-0.1, -0.05) is 6.07 Å². The number of nitrogens with one attached hydrogen (secondary N) is 2. The molecule has 0 saturated carbocycles. The molecule has 4 heteroatoms. The van der Waals surface area contributed by atoms with E-state index >= 15 is 0 Å². The third-order valence-electron chi connectivity index (χ3n) is 2.39. The lowest BCUT2D eigenvalue weighted by molar-refractivity contribution is 1.08. The maximum absolute atomic E-state index is 4.47. The third-order valence-corrected chi connectivity index (χ3v) is 2.39. The first-order valence-electron chi connectivity index (χ1n) is 4.79. The van der Waals surface area contributed by atoms with Crippen LogP contribution in [-0.2, 0) is 0 Å². The molecule has 0 fully saturated rings. The van der Waals surface area contributed by atoms with Gasteiger partial charge in [0.15, 0.2) is 5.82 Å². The van der Waals surface area contributed by atoms with Crippen molar-refractivity contribution in [3.8, 4) is 11.5 Å². The molecule has 0 aliphatic carbocycles. The van der Waals surface area contributed by atoms with Crippen molar-refractivity contribution in [3.63, 3.8) is 0 Å². The van der Waals surface area contributed by atoms with Crippen LogP contribution in [0.15, 0.2) is 30.5 Å². The Kier molecular flexibility index (Phi) is 1.62. The standard InChI is InChI=1S/C11H10N4/c1-7-2-3-8-10(6-7)14-11(13-8)9-4-5-12-15-9/h2-6H,1H3,(H,12,15)(H,13,14). The Morgan fingerprint density at radius 3 is 2.93 bits per heavy atom. The summed E-state index contributed by atoms with van der Waals surface area (Å²) in [5.74, 6) is 0.827. The Morgan fingerprint density at radius 1 is 1.20 bits per heavy atom. The minimum Gasteiger partial charge on any atom is -0.337 e. The average molecular weight is 198 g/mol. The van der Waals surface area contributed by atoms with Crippen molar-refractivity contribution in [2.45, 2.75) is 6.92 Å². The summed E-state index contributed by atoms with van der Waals surface area (Å²) in [6.45, 7) is 2.07. The third kappa shape index (κ3) is 1.30. The van der Waals surface area contributed by atoms with Gasteiger partial charge >= 0.3 is 0 Å². The van der Waals surface area contributed by atoms with Crippen LogP contribution in [0.1, 0.15) is 5.56 Å². The Bertz CT molecular complexity index is 592. The summed E-state index contributed by atoms with van der Waals surface area (Å²) in [7, 11) is 0. The van der Waals surface area contributed by atoms with E-state index in [9.17, 15) is 0 Å². The van der Waals surface area contributed by atoms with Crippen molar-refractivity contribution >= 4 is 11.0 Å². The lowest BCUT2D eigenvalue weighted by Gasteiger charge is -1.89. The quantitative estimate of drug-likeness (QED) is 0.630. The highest BCUT2D eigenvalue weighted by molar-refractivity contribution is 5.79. The van der Waals surface area contributed by atoms with Gasteiger partial charge in [-0.25, -0.2) is 4.98 Å². The SMILES string of the molecule is Cc1ccc2nc(-c3ccn[nH]3)[nH]c2c1. The molecule has 0 bridgehead atoms. The van der Waals surface area contributed by atoms with Crippen LogP contribution in [0.4, 0.5) is 0 Å². The first-order chi connectivity index (χ1) is 7.33. The fourth-order valence-electron chi connectivity index (χ4n) is 1.64. The summed E-state index contributed by atoms with van der Waals surface area (Å²) in [4.78, 5) is 7.73. The highest BCUT2D eigenvalue weighted by Gasteiger charge is 2.05. The number of imidazole rings is 1. The van der Waals surface area contributed by atoms with Crippen molar-refractivity contribution in [1.29, 1.82) is 0 Å². The zero-order valence-electron chi connectivity index (χ0n) is 8.28. The van der Waals surface area contributed by atoms with E-state index in [-0.39, 0.29) is 0 Å². The number of fused-ring (bicyclic) bond motifs is 1. The molecular formula is C11H10N4. The van der Waals surface area contributed by atoms with Gasteiger partial charge in [0, 0.05) is 6.20 Å². The van der Waals surface area contributed by atoms with Gasteiger partial charge in [0.1, 0.15) is 5.69 Å². The lowest BCUT2D eigenvalue weighted by Crippen LogP contribution is -1.79. The van der Waals surface area contributed by atoms with Crippen molar-refractivity contribution in [2.75, 3.05) is 0 Å². The molecule has 0 aliphatic rings. The number of rotatable bonds is 1. The fourth-order valence-corrected chi connectivity index (χ4v) is 1.64. The first-order valence-corrected chi connectivity index (χ1v) is 4.79. The van der Waals surface area contributed by atoms with Crippen molar-refractivity contribution in [1.82, 2.24) is 20.2 Å². The molecule has 0 aliphatic heterocycles. The Hall–Kier alpha value is -2.10. The molecule has 15 heavy (non-hydrogen) atoms. The molecule has 0 spiro atoms. The second kappa shape index (κ2) is 2.95. The zero-order valence-corrected chi connectivity index (χ0v) is 8.28. The smallest absolute Gasteiger partial charge is 0.156 e. The Balaban J connectivity index is 2.22. The molecule has 2 heterocycles. The lowest BCUT2D eigenvalue weighted by atomic mass is 10.2. The van der Waals surface area contributed by atoms with Crippen LogP contribution < -0.4 is 0 Å². The maximum Gasteiger partial charge on any atom is 0.156 e. The summed E-state index contributed by atoms with van der Waals surface area (Å²) < 4.78 is 0. The van der Waals surface area contributed by atoms with Crippen LogP contribution in [0.3, 0.4) is 0 Å². The van der Waals surface area contributed by atoms with Gasteiger partial charge < -0.3 is 4.98 Å². The van der Waals surface area contributed by atoms with Crippen molar-refractivity contribution in [3.05, 3.63) is 36.0 Å². The minimum absolute atomic E-state index is 0.827. The number of nitrogens with zero attached hydrogens (tertiary/aromatic N) is 2. The summed E-state index contributed by atoms with van der Waals surface area (Å²) in [5, 5.41) is 6.79. The van der Waals surface area contributed by atoms with Gasteiger partial charge in [0.25, 0.3) is 0 Å². The van der Waals surface area contributed by atoms with Crippen LogP contribution in [-0.4, -0.2) is 20.2 Å². The van der Waals surface area contributed by atoms with Gasteiger partial charge in [-0.3, -0.25) is 5.10 Å². The predicted octanol–water partition coefficient (Wildman–Crippen LogP) is 2.26. The van der Waals surface area contributed by atoms with Crippen LogP contribution >= 0.6 is 0 Å². The predicted molar refractivity (Wildman–Crippen MR) is 58.4 cm³/mol. The van der Waals surface area contributed by atoms with Crippen LogP contribution in [0.5, 0.6) is 0 Å². The first kappa shape index (κ1) is 8.23. The second-order valence-electron chi connectivity index (χ2n) is 3.58. The number of aromatic nitrogens is 4. The van der Waals surface area contributed by atoms with Gasteiger partial charge in [0.05, 0.1) is 11.0 Å². The molecule has 74 valence electrons. The van der Waals surface area contributed by atoms with E-state index in [4.69, 9.17) is 0 Å². The van der Waals surface area contributed by atoms with E-state index in [0.717, 1.165) is 22.6 Å². The highest BCUT2D eigenvalue weighted by atomic mass is 15.1. The molecule has 0 saturated heterocycles. The fraction of sp³-hybridized carbons (Fsp3) is 0.0909. The molecule has 2 N–H and O–H groups in total.